The number of amides is 1. The Bertz CT molecular complexity index is 502. The molecular weight excluding hydrogens is 276 g/mol. The van der Waals surface area contributed by atoms with E-state index in [0.717, 1.165) is 18.4 Å². The van der Waals surface area contributed by atoms with Gasteiger partial charge in [-0.3, -0.25) is 4.79 Å². The fourth-order valence-corrected chi connectivity index (χ4v) is 2.66. The van der Waals surface area contributed by atoms with Crippen LogP contribution in [-0.2, 0) is 14.9 Å². The zero-order valence-electron chi connectivity index (χ0n) is 11.2. The van der Waals surface area contributed by atoms with Crippen molar-refractivity contribution >= 4 is 17.5 Å². The lowest BCUT2D eigenvalue weighted by molar-refractivity contribution is -0.120. The number of nitrogens with one attached hydrogen (secondary N) is 1. The SMILES string of the molecule is N#CCC(=O)NCC1(c2ccc(Cl)cc2)CCOCC1. The molecule has 0 aliphatic carbocycles. The first-order valence-electron chi connectivity index (χ1n) is 6.64. The van der Waals surface area contributed by atoms with Crippen LogP contribution in [-0.4, -0.2) is 25.7 Å². The van der Waals surface area contributed by atoms with Crippen LogP contribution in [0.2, 0.25) is 5.02 Å². The van der Waals surface area contributed by atoms with Gasteiger partial charge in [-0.05, 0) is 30.5 Å². The molecule has 0 bridgehead atoms. The summed E-state index contributed by atoms with van der Waals surface area (Å²) in [5, 5.41) is 12.1. The molecule has 1 aromatic rings. The van der Waals surface area contributed by atoms with E-state index in [1.807, 2.05) is 30.3 Å². The van der Waals surface area contributed by atoms with Gasteiger partial charge in [0.1, 0.15) is 6.42 Å². The molecule has 1 N–H and O–H groups in total. The highest BCUT2D eigenvalue weighted by molar-refractivity contribution is 6.30. The summed E-state index contributed by atoms with van der Waals surface area (Å²) in [5.41, 5.74) is 1.02. The number of nitrogens with zero attached hydrogens (tertiary/aromatic N) is 1. The molecule has 4 nitrogen and oxygen atoms in total. The number of hydrogen-bond acceptors (Lipinski definition) is 3. The molecule has 0 atom stereocenters. The average molecular weight is 293 g/mol. The molecule has 1 saturated heterocycles. The Labute approximate surface area is 123 Å². The first-order chi connectivity index (χ1) is 9.66. The summed E-state index contributed by atoms with van der Waals surface area (Å²) in [6.07, 6.45) is 1.59. The van der Waals surface area contributed by atoms with E-state index in [0.29, 0.717) is 24.8 Å². The summed E-state index contributed by atoms with van der Waals surface area (Å²) in [6.45, 7) is 1.88. The van der Waals surface area contributed by atoms with E-state index in [1.54, 1.807) is 0 Å². The largest absolute Gasteiger partial charge is 0.381 e. The van der Waals surface area contributed by atoms with Crippen LogP contribution in [0.5, 0.6) is 0 Å². The number of halogens is 1. The van der Waals surface area contributed by atoms with E-state index in [-0.39, 0.29) is 17.7 Å². The van der Waals surface area contributed by atoms with E-state index in [9.17, 15) is 4.79 Å². The smallest absolute Gasteiger partial charge is 0.234 e. The standard InChI is InChI=1S/C15H17ClN2O2/c16-13-3-1-12(2-4-13)15(6-9-20-10-7-15)11-18-14(19)5-8-17/h1-4H,5-7,9-11H2,(H,18,19). The normalized spacial score (nSPS) is 17.2. The Kier molecular flexibility index (Phi) is 4.99. The van der Waals surface area contributed by atoms with Crippen molar-refractivity contribution in [2.24, 2.45) is 0 Å². The number of carbonyl (C=O) groups excluding carboxylic acids is 1. The molecule has 2 rings (SSSR count). The van der Waals surface area contributed by atoms with Crippen molar-refractivity contribution in [3.8, 4) is 6.07 Å². The van der Waals surface area contributed by atoms with Gasteiger partial charge in [0, 0.05) is 30.2 Å². The molecule has 1 fully saturated rings. The monoisotopic (exact) mass is 292 g/mol. The van der Waals surface area contributed by atoms with Gasteiger partial charge in [-0.25, -0.2) is 0 Å². The van der Waals surface area contributed by atoms with Crippen LogP contribution in [0.15, 0.2) is 24.3 Å². The predicted molar refractivity (Wildman–Crippen MR) is 76.4 cm³/mol. The molecule has 0 aromatic heterocycles. The number of carbonyl (C=O) groups is 1. The van der Waals surface area contributed by atoms with Crippen molar-refractivity contribution in [1.29, 1.82) is 5.26 Å². The molecule has 1 heterocycles. The Morgan fingerprint density at radius 3 is 2.60 bits per heavy atom. The molecule has 106 valence electrons. The molecule has 20 heavy (non-hydrogen) atoms. The Hall–Kier alpha value is -1.57. The molecule has 0 radical (unpaired) electrons. The van der Waals surface area contributed by atoms with Gasteiger partial charge in [0.2, 0.25) is 5.91 Å². The van der Waals surface area contributed by atoms with E-state index < -0.39 is 0 Å². The van der Waals surface area contributed by atoms with E-state index in [1.165, 1.54) is 0 Å². The van der Waals surface area contributed by atoms with Crippen LogP contribution >= 0.6 is 11.6 Å². The minimum absolute atomic E-state index is 0.104. The zero-order chi connectivity index (χ0) is 14.4. The summed E-state index contributed by atoms with van der Waals surface area (Å²) in [5.74, 6) is -0.229. The molecule has 0 unspecified atom stereocenters. The molecule has 1 aliphatic rings. The van der Waals surface area contributed by atoms with Crippen molar-refractivity contribution in [3.63, 3.8) is 0 Å². The second kappa shape index (κ2) is 6.74. The number of rotatable bonds is 4. The minimum Gasteiger partial charge on any atom is -0.381 e. The molecule has 0 spiro atoms. The van der Waals surface area contributed by atoms with Crippen molar-refractivity contribution in [2.45, 2.75) is 24.7 Å². The third-order valence-electron chi connectivity index (χ3n) is 3.77. The van der Waals surface area contributed by atoms with Crippen LogP contribution < -0.4 is 5.32 Å². The Morgan fingerprint density at radius 2 is 2.00 bits per heavy atom. The van der Waals surface area contributed by atoms with E-state index in [2.05, 4.69) is 5.32 Å². The molecule has 1 amide bonds. The van der Waals surface area contributed by atoms with Crippen molar-refractivity contribution < 1.29 is 9.53 Å². The van der Waals surface area contributed by atoms with Gasteiger partial charge in [-0.1, -0.05) is 23.7 Å². The second-order valence-corrected chi connectivity index (χ2v) is 5.45. The fraction of sp³-hybridized carbons (Fsp3) is 0.467. The highest BCUT2D eigenvalue weighted by Crippen LogP contribution is 2.34. The summed E-state index contributed by atoms with van der Waals surface area (Å²) in [4.78, 5) is 11.5. The van der Waals surface area contributed by atoms with Crippen molar-refractivity contribution in [1.82, 2.24) is 5.32 Å². The quantitative estimate of drug-likeness (QED) is 0.927. The molecule has 0 saturated carbocycles. The summed E-state index contributed by atoms with van der Waals surface area (Å²) in [7, 11) is 0. The number of ether oxygens (including phenoxy) is 1. The second-order valence-electron chi connectivity index (χ2n) is 5.01. The van der Waals surface area contributed by atoms with Gasteiger partial charge >= 0.3 is 0 Å². The van der Waals surface area contributed by atoms with Crippen LogP contribution in [0.25, 0.3) is 0 Å². The van der Waals surface area contributed by atoms with Gasteiger partial charge in [0.05, 0.1) is 6.07 Å². The van der Waals surface area contributed by atoms with Crippen molar-refractivity contribution in [3.05, 3.63) is 34.9 Å². The van der Waals surface area contributed by atoms with Crippen LogP contribution in [0.1, 0.15) is 24.8 Å². The third-order valence-corrected chi connectivity index (χ3v) is 4.02. The predicted octanol–water partition coefficient (Wildman–Crippen LogP) is 2.42. The van der Waals surface area contributed by atoms with Crippen molar-refractivity contribution in [2.75, 3.05) is 19.8 Å². The van der Waals surface area contributed by atoms with Crippen LogP contribution in [0.4, 0.5) is 0 Å². The number of benzene rings is 1. The van der Waals surface area contributed by atoms with E-state index in [4.69, 9.17) is 21.6 Å². The maximum absolute atomic E-state index is 11.5. The highest BCUT2D eigenvalue weighted by Gasteiger charge is 2.34. The maximum Gasteiger partial charge on any atom is 0.234 e. The Morgan fingerprint density at radius 1 is 1.35 bits per heavy atom. The van der Waals surface area contributed by atoms with Gasteiger partial charge in [0.25, 0.3) is 0 Å². The number of nitriles is 1. The highest BCUT2D eigenvalue weighted by atomic mass is 35.5. The molecule has 1 aromatic carbocycles. The van der Waals surface area contributed by atoms with Gasteiger partial charge < -0.3 is 10.1 Å². The molecule has 1 aliphatic heterocycles. The number of hydrogen-bond donors (Lipinski definition) is 1. The van der Waals surface area contributed by atoms with Gasteiger partial charge in [-0.2, -0.15) is 5.26 Å². The summed E-state index contributed by atoms with van der Waals surface area (Å²) < 4.78 is 5.43. The summed E-state index contributed by atoms with van der Waals surface area (Å²) >= 11 is 5.93. The first-order valence-corrected chi connectivity index (χ1v) is 7.01. The molecular formula is C15H17ClN2O2. The lowest BCUT2D eigenvalue weighted by Gasteiger charge is -2.38. The third kappa shape index (κ3) is 3.50. The average Bonchev–Trinajstić information content (AvgIpc) is 2.47. The van der Waals surface area contributed by atoms with Crippen LogP contribution in [0.3, 0.4) is 0 Å². The maximum atomic E-state index is 11.5. The van der Waals surface area contributed by atoms with E-state index >= 15 is 0 Å². The van der Waals surface area contributed by atoms with Gasteiger partial charge in [0.15, 0.2) is 0 Å². The molecule has 5 heteroatoms. The lowest BCUT2D eigenvalue weighted by Crippen LogP contribution is -2.44. The Balaban J connectivity index is 2.15. The zero-order valence-corrected chi connectivity index (χ0v) is 11.9. The first kappa shape index (κ1) is 14.8. The minimum atomic E-state index is -0.229. The summed E-state index contributed by atoms with van der Waals surface area (Å²) in [6, 6.07) is 9.60. The fourth-order valence-electron chi connectivity index (χ4n) is 2.54. The van der Waals surface area contributed by atoms with Crippen LogP contribution in [0, 0.1) is 11.3 Å². The van der Waals surface area contributed by atoms with Gasteiger partial charge in [-0.15, -0.1) is 0 Å². The topological polar surface area (TPSA) is 62.1 Å². The lowest BCUT2D eigenvalue weighted by atomic mass is 9.74.